The van der Waals surface area contributed by atoms with E-state index in [-0.39, 0.29) is 17.8 Å². The highest BCUT2D eigenvalue weighted by Gasteiger charge is 2.60. The van der Waals surface area contributed by atoms with Crippen molar-refractivity contribution in [2.45, 2.75) is 50.5 Å². The van der Waals surface area contributed by atoms with E-state index in [9.17, 15) is 15.0 Å². The third-order valence-electron chi connectivity index (χ3n) is 8.69. The zero-order valence-corrected chi connectivity index (χ0v) is 23.7. The summed E-state index contributed by atoms with van der Waals surface area (Å²) < 4.78 is 1.74. The second-order valence-electron chi connectivity index (χ2n) is 11.1. The molecule has 0 aliphatic heterocycles. The summed E-state index contributed by atoms with van der Waals surface area (Å²) in [7, 11) is 1.52. The molecule has 2 aliphatic rings. The molecule has 0 radical (unpaired) electrons. The fourth-order valence-corrected chi connectivity index (χ4v) is 6.25. The predicted molar refractivity (Wildman–Crippen MR) is 156 cm³/mol. The average Bonchev–Trinajstić information content (AvgIpc) is 3.59. The molecule has 41 heavy (non-hydrogen) atoms. The number of hydrogen-bond acceptors (Lipinski definition) is 7. The highest BCUT2D eigenvalue weighted by molar-refractivity contribution is 6.30. The van der Waals surface area contributed by atoms with Crippen molar-refractivity contribution in [3.8, 4) is 11.8 Å². The molecule has 2 heterocycles. The van der Waals surface area contributed by atoms with Crippen LogP contribution in [0.4, 0.5) is 5.82 Å². The van der Waals surface area contributed by atoms with Gasteiger partial charge in [0.05, 0.1) is 23.9 Å². The number of anilines is 1. The average molecular weight is 571 g/mol. The van der Waals surface area contributed by atoms with Crippen molar-refractivity contribution in [1.29, 1.82) is 0 Å². The van der Waals surface area contributed by atoms with Crippen molar-refractivity contribution < 1.29 is 15.0 Å². The second kappa shape index (κ2) is 10.5. The summed E-state index contributed by atoms with van der Waals surface area (Å²) in [5.74, 6) is 6.52. The zero-order valence-electron chi connectivity index (χ0n) is 22.9. The van der Waals surface area contributed by atoms with Gasteiger partial charge in [-0.1, -0.05) is 60.8 Å². The van der Waals surface area contributed by atoms with Gasteiger partial charge in [-0.25, -0.2) is 15.0 Å². The lowest BCUT2D eigenvalue weighted by molar-refractivity contribution is -0.139. The maximum Gasteiger partial charge on any atom is 0.228 e. The largest absolute Gasteiger partial charge is 0.389 e. The molecule has 0 bridgehead atoms. The molecular weight excluding hydrogens is 540 g/mol. The molecule has 7 atom stereocenters. The van der Waals surface area contributed by atoms with E-state index in [0.717, 1.165) is 12.0 Å². The minimum atomic E-state index is -1.28. The number of benzene rings is 2. The normalized spacial score (nSPS) is 28.6. The van der Waals surface area contributed by atoms with Gasteiger partial charge in [0.15, 0.2) is 17.0 Å². The monoisotopic (exact) mass is 570 g/mol. The van der Waals surface area contributed by atoms with Crippen LogP contribution in [0.2, 0.25) is 5.02 Å². The lowest BCUT2D eigenvalue weighted by atomic mass is 9.77. The molecule has 6 rings (SSSR count). The standard InChI is InChI=1S/C31H31ClN6O3/c1-17-25(26(39)27(40)31(17,2)30(41)33-3)38-16-34-24-28(35-22-15-21(22)19-9-5-4-6-10-19)36-23(37-29(24)38)13-12-18-8-7-11-20(32)14-18/h4-11,14,16-17,21-22,25-27,39-40H,15H2,1-3H3,(H,33,41)(H,35,36,37). The third kappa shape index (κ3) is 4.72. The number of nitrogens with zero attached hydrogens (tertiary/aromatic N) is 4. The number of aromatic nitrogens is 4. The Balaban J connectivity index is 1.42. The number of rotatable bonds is 5. The number of hydrogen-bond donors (Lipinski definition) is 4. The van der Waals surface area contributed by atoms with Crippen molar-refractivity contribution in [2.75, 3.05) is 12.4 Å². The van der Waals surface area contributed by atoms with E-state index in [4.69, 9.17) is 21.6 Å². The molecule has 9 nitrogen and oxygen atoms in total. The van der Waals surface area contributed by atoms with Crippen LogP contribution in [0.3, 0.4) is 0 Å². The molecule has 10 heteroatoms. The number of carbonyl (C=O) groups excluding carboxylic acids is 1. The summed E-state index contributed by atoms with van der Waals surface area (Å²) in [4.78, 5) is 26.9. The Bertz CT molecular complexity index is 1680. The molecule has 2 aromatic carbocycles. The van der Waals surface area contributed by atoms with Crippen molar-refractivity contribution in [2.24, 2.45) is 11.3 Å². The van der Waals surface area contributed by atoms with E-state index in [0.29, 0.717) is 27.9 Å². The number of halogens is 1. The fourth-order valence-electron chi connectivity index (χ4n) is 6.06. The van der Waals surface area contributed by atoms with Gasteiger partial charge in [0.2, 0.25) is 11.7 Å². The maximum absolute atomic E-state index is 12.8. The highest BCUT2D eigenvalue weighted by atomic mass is 35.5. The summed E-state index contributed by atoms with van der Waals surface area (Å²) in [5, 5.41) is 29.0. The molecule has 2 saturated carbocycles. The van der Waals surface area contributed by atoms with Crippen molar-refractivity contribution >= 4 is 34.5 Å². The van der Waals surface area contributed by atoms with Gasteiger partial charge in [-0.05, 0) is 48.9 Å². The Morgan fingerprint density at radius 3 is 2.63 bits per heavy atom. The first kappa shape index (κ1) is 27.2. The first-order valence-corrected chi connectivity index (χ1v) is 14.0. The summed E-state index contributed by atoms with van der Waals surface area (Å²) in [5.41, 5.74) is 1.75. The first-order valence-electron chi connectivity index (χ1n) is 13.6. The van der Waals surface area contributed by atoms with Crippen LogP contribution < -0.4 is 10.6 Å². The highest BCUT2D eigenvalue weighted by Crippen LogP contribution is 2.50. The van der Waals surface area contributed by atoms with E-state index < -0.39 is 29.6 Å². The van der Waals surface area contributed by atoms with Crippen LogP contribution in [0, 0.1) is 23.2 Å². The first-order chi connectivity index (χ1) is 19.7. The van der Waals surface area contributed by atoms with Gasteiger partial charge in [0.1, 0.15) is 6.10 Å². The molecule has 1 amide bonds. The topological polar surface area (TPSA) is 125 Å². The second-order valence-corrected chi connectivity index (χ2v) is 11.5. The third-order valence-corrected chi connectivity index (χ3v) is 8.92. The van der Waals surface area contributed by atoms with Gasteiger partial charge in [-0.2, -0.15) is 0 Å². The molecule has 210 valence electrons. The summed E-state index contributed by atoms with van der Waals surface area (Å²) in [6.07, 6.45) is 0.0457. The van der Waals surface area contributed by atoms with Crippen LogP contribution in [-0.2, 0) is 4.79 Å². The lowest BCUT2D eigenvalue weighted by Crippen LogP contribution is -2.47. The number of amides is 1. The molecule has 0 spiro atoms. The molecule has 4 aromatic rings. The molecule has 2 fully saturated rings. The van der Waals surface area contributed by atoms with E-state index in [1.807, 2.05) is 37.3 Å². The molecule has 7 unspecified atom stereocenters. The van der Waals surface area contributed by atoms with Crippen LogP contribution in [0.5, 0.6) is 0 Å². The van der Waals surface area contributed by atoms with Crippen LogP contribution >= 0.6 is 11.6 Å². The number of fused-ring (bicyclic) bond motifs is 1. The molecule has 2 aromatic heterocycles. The van der Waals surface area contributed by atoms with E-state index >= 15 is 0 Å². The Hall–Kier alpha value is -3.97. The van der Waals surface area contributed by atoms with Crippen molar-refractivity contribution in [3.05, 3.63) is 82.9 Å². The number of nitrogens with one attached hydrogen (secondary N) is 2. The summed E-state index contributed by atoms with van der Waals surface area (Å²) in [6, 6.07) is 17.1. The maximum atomic E-state index is 12.8. The van der Waals surface area contributed by atoms with Gasteiger partial charge < -0.3 is 25.4 Å². The Labute approximate surface area is 243 Å². The molecule has 4 N–H and O–H groups in total. The predicted octanol–water partition coefficient (Wildman–Crippen LogP) is 3.51. The smallest absolute Gasteiger partial charge is 0.228 e. The Morgan fingerprint density at radius 2 is 1.90 bits per heavy atom. The van der Waals surface area contributed by atoms with Gasteiger partial charge in [-0.3, -0.25) is 4.79 Å². The summed E-state index contributed by atoms with van der Waals surface area (Å²) in [6.45, 7) is 3.52. The number of carbonyl (C=O) groups is 1. The number of aliphatic hydroxyl groups excluding tert-OH is 2. The molecular formula is C31H31ClN6O3. The fraction of sp³-hybridized carbons (Fsp3) is 0.355. The van der Waals surface area contributed by atoms with E-state index in [2.05, 4.69) is 39.6 Å². The lowest BCUT2D eigenvalue weighted by Gasteiger charge is -2.31. The van der Waals surface area contributed by atoms with Crippen molar-refractivity contribution in [1.82, 2.24) is 24.8 Å². The molecule has 0 saturated heterocycles. The minimum absolute atomic E-state index is 0.170. The van der Waals surface area contributed by atoms with Gasteiger partial charge in [-0.15, -0.1) is 0 Å². The van der Waals surface area contributed by atoms with Crippen LogP contribution in [0.25, 0.3) is 11.2 Å². The Kier molecular flexibility index (Phi) is 6.94. The van der Waals surface area contributed by atoms with Crippen LogP contribution in [0.15, 0.2) is 60.9 Å². The number of aliphatic hydroxyl groups is 2. The summed E-state index contributed by atoms with van der Waals surface area (Å²) >= 11 is 6.14. The zero-order chi connectivity index (χ0) is 28.9. The number of imidazole rings is 1. The van der Waals surface area contributed by atoms with E-state index in [1.165, 1.54) is 12.6 Å². The van der Waals surface area contributed by atoms with E-state index in [1.54, 1.807) is 30.0 Å². The van der Waals surface area contributed by atoms with Crippen molar-refractivity contribution in [3.63, 3.8) is 0 Å². The SMILES string of the molecule is CNC(=O)C1(C)C(C)C(n2cnc3c(NC4CC4c4ccccc4)nc(C#Cc4cccc(Cl)c4)nc32)C(O)C1O. The van der Waals surface area contributed by atoms with Crippen LogP contribution in [0.1, 0.15) is 49.2 Å². The Morgan fingerprint density at radius 1 is 1.12 bits per heavy atom. The van der Waals surface area contributed by atoms with Gasteiger partial charge in [0, 0.05) is 29.6 Å². The van der Waals surface area contributed by atoms with Crippen LogP contribution in [-0.4, -0.2) is 60.9 Å². The quantitative estimate of drug-likeness (QED) is 0.271. The van der Waals surface area contributed by atoms with Gasteiger partial charge in [0.25, 0.3) is 0 Å². The minimum Gasteiger partial charge on any atom is -0.389 e. The van der Waals surface area contributed by atoms with Gasteiger partial charge >= 0.3 is 0 Å². The molecule has 2 aliphatic carbocycles.